The van der Waals surface area contributed by atoms with Crippen LogP contribution in [0.1, 0.15) is 22.3 Å². The maximum Gasteiger partial charge on any atom is 0.266 e. The molecule has 1 fully saturated rings. The molecule has 29 heavy (non-hydrogen) atoms. The molecular formula is C20H14BrN2O4S2-. The fourth-order valence-corrected chi connectivity index (χ4v) is 4.33. The number of halogens is 1. The monoisotopic (exact) mass is 489 g/mol. The predicted molar refractivity (Wildman–Crippen MR) is 118 cm³/mol. The third kappa shape index (κ3) is 5.53. The fraction of sp³-hybridized carbons (Fsp3) is 0.100. The van der Waals surface area contributed by atoms with Crippen molar-refractivity contribution >= 4 is 73.8 Å². The summed E-state index contributed by atoms with van der Waals surface area (Å²) in [4.78, 5) is 37.6. The predicted octanol–water partition coefficient (Wildman–Crippen LogP) is 3.04. The summed E-state index contributed by atoms with van der Waals surface area (Å²) in [6.07, 6.45) is 1.78. The number of nitrogens with zero attached hydrogens (tertiary/aromatic N) is 1. The van der Waals surface area contributed by atoms with Gasteiger partial charge in [0.05, 0.1) is 10.9 Å². The van der Waals surface area contributed by atoms with Gasteiger partial charge in [-0.3, -0.25) is 14.5 Å². The van der Waals surface area contributed by atoms with E-state index in [4.69, 9.17) is 12.2 Å². The number of hydrogen-bond acceptors (Lipinski definition) is 6. The number of carbonyl (C=O) groups is 3. The molecule has 0 unspecified atom stereocenters. The Morgan fingerprint density at radius 2 is 1.97 bits per heavy atom. The van der Waals surface area contributed by atoms with E-state index in [1.807, 2.05) is 24.3 Å². The quantitative estimate of drug-likeness (QED) is 0.495. The fourth-order valence-electron chi connectivity index (χ4n) is 2.60. The van der Waals surface area contributed by atoms with Gasteiger partial charge in [-0.25, -0.2) is 0 Å². The molecule has 0 bridgehead atoms. The first-order chi connectivity index (χ1) is 13.8. The van der Waals surface area contributed by atoms with Crippen molar-refractivity contribution in [3.8, 4) is 0 Å². The van der Waals surface area contributed by atoms with Gasteiger partial charge in [-0.05, 0) is 41.5 Å². The van der Waals surface area contributed by atoms with Gasteiger partial charge in [0, 0.05) is 23.1 Å². The highest BCUT2D eigenvalue weighted by Gasteiger charge is 2.32. The van der Waals surface area contributed by atoms with Gasteiger partial charge < -0.3 is 15.2 Å². The summed E-state index contributed by atoms with van der Waals surface area (Å²) in [5.74, 6) is -1.92. The zero-order chi connectivity index (χ0) is 21.0. The van der Waals surface area contributed by atoms with Gasteiger partial charge in [0.1, 0.15) is 4.32 Å². The average Bonchev–Trinajstić information content (AvgIpc) is 2.93. The summed E-state index contributed by atoms with van der Waals surface area (Å²) < 4.78 is 1.30. The van der Waals surface area contributed by atoms with Crippen LogP contribution in [0, 0.1) is 0 Å². The van der Waals surface area contributed by atoms with Crippen molar-refractivity contribution in [2.24, 2.45) is 0 Å². The second-order valence-corrected chi connectivity index (χ2v) is 8.65. The second kappa shape index (κ2) is 9.34. The first kappa shape index (κ1) is 21.2. The van der Waals surface area contributed by atoms with E-state index in [-0.39, 0.29) is 30.3 Å². The zero-order valence-corrected chi connectivity index (χ0v) is 18.1. The molecule has 0 aromatic heterocycles. The lowest BCUT2D eigenvalue weighted by molar-refractivity contribution is -0.255. The van der Waals surface area contributed by atoms with Crippen LogP contribution in [0.15, 0.2) is 57.9 Å². The number of hydrogen-bond donors (Lipinski definition) is 1. The second-order valence-electron chi connectivity index (χ2n) is 6.05. The van der Waals surface area contributed by atoms with Gasteiger partial charge in [0.2, 0.25) is 5.91 Å². The molecule has 1 aliphatic heterocycles. The maximum atomic E-state index is 12.6. The van der Waals surface area contributed by atoms with Crippen LogP contribution < -0.4 is 10.4 Å². The van der Waals surface area contributed by atoms with E-state index in [1.54, 1.807) is 12.1 Å². The van der Waals surface area contributed by atoms with Crippen molar-refractivity contribution in [2.75, 3.05) is 11.9 Å². The highest BCUT2D eigenvalue weighted by atomic mass is 79.9. The first-order valence-corrected chi connectivity index (χ1v) is 10.5. The number of carboxylic acids is 1. The molecule has 0 radical (unpaired) electrons. The van der Waals surface area contributed by atoms with Crippen LogP contribution in [0.2, 0.25) is 0 Å². The van der Waals surface area contributed by atoms with Crippen LogP contribution in [0.4, 0.5) is 5.69 Å². The minimum atomic E-state index is -1.32. The Morgan fingerprint density at radius 3 is 2.69 bits per heavy atom. The number of aromatic carboxylic acids is 1. The molecule has 1 heterocycles. The summed E-state index contributed by atoms with van der Waals surface area (Å²) in [5, 5.41) is 13.5. The van der Waals surface area contributed by atoms with E-state index in [0.29, 0.717) is 14.9 Å². The molecule has 6 nitrogen and oxygen atoms in total. The summed E-state index contributed by atoms with van der Waals surface area (Å²) in [7, 11) is 0. The lowest BCUT2D eigenvalue weighted by Crippen LogP contribution is -2.31. The van der Waals surface area contributed by atoms with E-state index in [2.05, 4.69) is 21.2 Å². The molecule has 2 aromatic carbocycles. The molecule has 0 saturated carbocycles. The number of amides is 2. The number of carbonyl (C=O) groups excluding carboxylic acids is 3. The van der Waals surface area contributed by atoms with Crippen molar-refractivity contribution in [3.63, 3.8) is 0 Å². The average molecular weight is 490 g/mol. The van der Waals surface area contributed by atoms with E-state index in [0.717, 1.165) is 10.0 Å². The molecule has 2 aromatic rings. The van der Waals surface area contributed by atoms with Gasteiger partial charge in [-0.15, -0.1) is 0 Å². The number of thiocarbonyl (C=S) groups is 1. The number of nitrogens with one attached hydrogen (secondary N) is 1. The van der Waals surface area contributed by atoms with Gasteiger partial charge in [-0.1, -0.05) is 64.2 Å². The minimum absolute atomic E-state index is 0.0200. The van der Waals surface area contributed by atoms with Gasteiger partial charge >= 0.3 is 0 Å². The Labute approximate surface area is 185 Å². The highest BCUT2D eigenvalue weighted by Crippen LogP contribution is 2.33. The summed E-state index contributed by atoms with van der Waals surface area (Å²) >= 11 is 9.86. The van der Waals surface area contributed by atoms with Gasteiger partial charge in [-0.2, -0.15) is 0 Å². The number of carboxylic acid groups (broad SMARTS) is 1. The first-order valence-electron chi connectivity index (χ1n) is 8.45. The number of rotatable bonds is 6. The summed E-state index contributed by atoms with van der Waals surface area (Å²) in [5.41, 5.74) is 1.18. The molecule has 1 saturated heterocycles. The topological polar surface area (TPSA) is 89.5 Å². The molecule has 148 valence electrons. The summed E-state index contributed by atoms with van der Waals surface area (Å²) in [6, 6.07) is 13.3. The van der Waals surface area contributed by atoms with Crippen molar-refractivity contribution in [1.82, 2.24) is 4.90 Å². The molecule has 0 aliphatic carbocycles. The largest absolute Gasteiger partial charge is 0.545 e. The Morgan fingerprint density at radius 1 is 1.21 bits per heavy atom. The SMILES string of the molecule is O=C(CCN1C(=O)/C(=C/c2cccc(Br)c2)SC1=S)Nc1cccc(C(=O)[O-])c1. The van der Waals surface area contributed by atoms with E-state index in [9.17, 15) is 19.5 Å². The Bertz CT molecular complexity index is 1040. The Kier molecular flexibility index (Phi) is 6.83. The number of anilines is 1. The van der Waals surface area contributed by atoms with Crippen LogP contribution in [0.3, 0.4) is 0 Å². The van der Waals surface area contributed by atoms with Crippen LogP contribution >= 0.6 is 39.9 Å². The Balaban J connectivity index is 1.61. The molecule has 0 spiro atoms. The smallest absolute Gasteiger partial charge is 0.266 e. The van der Waals surface area contributed by atoms with E-state index >= 15 is 0 Å². The normalized spacial score (nSPS) is 15.1. The van der Waals surface area contributed by atoms with E-state index < -0.39 is 5.97 Å². The van der Waals surface area contributed by atoms with Crippen LogP contribution in [-0.2, 0) is 9.59 Å². The molecule has 2 amide bonds. The van der Waals surface area contributed by atoms with Gasteiger partial charge in [0.15, 0.2) is 0 Å². The standard InChI is InChI=1S/C20H15BrN2O4S2/c21-14-5-1-3-12(9-14)10-16-18(25)23(20(28)29-16)8-7-17(24)22-15-6-2-4-13(11-15)19(26)27/h1-6,9-11H,7-8H2,(H,22,24)(H,26,27)/p-1/b16-10-. The number of benzene rings is 2. The van der Waals surface area contributed by atoms with Crippen LogP contribution in [-0.4, -0.2) is 33.5 Å². The highest BCUT2D eigenvalue weighted by molar-refractivity contribution is 9.10. The van der Waals surface area contributed by atoms with Crippen molar-refractivity contribution in [1.29, 1.82) is 0 Å². The third-order valence-corrected chi connectivity index (χ3v) is 5.84. The molecular weight excluding hydrogens is 476 g/mol. The van der Waals surface area contributed by atoms with Crippen molar-refractivity contribution in [2.45, 2.75) is 6.42 Å². The minimum Gasteiger partial charge on any atom is -0.545 e. The van der Waals surface area contributed by atoms with E-state index in [1.165, 1.54) is 34.9 Å². The summed E-state index contributed by atoms with van der Waals surface area (Å²) in [6.45, 7) is 0.131. The van der Waals surface area contributed by atoms with Gasteiger partial charge in [0.25, 0.3) is 5.91 Å². The maximum absolute atomic E-state index is 12.6. The molecule has 1 N–H and O–H groups in total. The van der Waals surface area contributed by atoms with Crippen LogP contribution in [0.5, 0.6) is 0 Å². The molecule has 0 atom stereocenters. The van der Waals surface area contributed by atoms with Crippen LogP contribution in [0.25, 0.3) is 6.08 Å². The Hall–Kier alpha value is -2.49. The zero-order valence-electron chi connectivity index (χ0n) is 14.9. The van der Waals surface area contributed by atoms with Crippen molar-refractivity contribution < 1.29 is 19.5 Å². The molecule has 1 aliphatic rings. The molecule has 9 heteroatoms. The number of thioether (sulfide) groups is 1. The lowest BCUT2D eigenvalue weighted by atomic mass is 10.2. The lowest BCUT2D eigenvalue weighted by Gasteiger charge is -2.14. The van der Waals surface area contributed by atoms with Crippen molar-refractivity contribution in [3.05, 3.63) is 69.0 Å². The molecule has 3 rings (SSSR count). The third-order valence-electron chi connectivity index (χ3n) is 3.96.